The predicted octanol–water partition coefficient (Wildman–Crippen LogP) is -0.00400. The molecular formula is C24H39N5O6. The van der Waals surface area contributed by atoms with Gasteiger partial charge in [0.15, 0.2) is 0 Å². The van der Waals surface area contributed by atoms with Gasteiger partial charge in [-0.1, -0.05) is 38.8 Å². The highest BCUT2D eigenvalue weighted by atomic mass is 16.4. The van der Waals surface area contributed by atoms with E-state index in [2.05, 4.69) is 16.0 Å². The maximum Gasteiger partial charge on any atom is 0.325 e. The van der Waals surface area contributed by atoms with Crippen LogP contribution in [-0.2, 0) is 25.6 Å². The summed E-state index contributed by atoms with van der Waals surface area (Å²) >= 11 is 0. The average molecular weight is 494 g/mol. The van der Waals surface area contributed by atoms with Gasteiger partial charge in [0.05, 0.1) is 6.04 Å². The van der Waals surface area contributed by atoms with Gasteiger partial charge in [-0.05, 0) is 49.9 Å². The number of hydrogen-bond acceptors (Lipinski definition) is 7. The number of benzene rings is 1. The van der Waals surface area contributed by atoms with Crippen LogP contribution in [0.25, 0.3) is 0 Å². The zero-order valence-electron chi connectivity index (χ0n) is 20.6. The maximum absolute atomic E-state index is 13.3. The summed E-state index contributed by atoms with van der Waals surface area (Å²) in [7, 11) is 0. The van der Waals surface area contributed by atoms with Gasteiger partial charge in [-0.25, -0.2) is 0 Å². The first-order valence-corrected chi connectivity index (χ1v) is 11.9. The molecule has 0 saturated heterocycles. The van der Waals surface area contributed by atoms with Crippen LogP contribution >= 0.6 is 0 Å². The van der Waals surface area contributed by atoms with Crippen LogP contribution in [0.15, 0.2) is 24.3 Å². The Balaban J connectivity index is 3.07. The van der Waals surface area contributed by atoms with Crippen LogP contribution in [0.2, 0.25) is 0 Å². The van der Waals surface area contributed by atoms with Crippen molar-refractivity contribution in [3.8, 4) is 5.75 Å². The van der Waals surface area contributed by atoms with Gasteiger partial charge in [0.2, 0.25) is 17.7 Å². The van der Waals surface area contributed by atoms with E-state index in [9.17, 15) is 24.3 Å². The largest absolute Gasteiger partial charge is 0.508 e. The first kappa shape index (κ1) is 29.9. The Morgan fingerprint density at radius 1 is 0.943 bits per heavy atom. The van der Waals surface area contributed by atoms with Crippen molar-refractivity contribution >= 4 is 23.7 Å². The number of unbranched alkanes of at least 4 members (excludes halogenated alkanes) is 1. The third-order valence-electron chi connectivity index (χ3n) is 5.84. The number of amides is 3. The molecule has 0 bridgehead atoms. The maximum atomic E-state index is 13.3. The lowest BCUT2D eigenvalue weighted by Gasteiger charge is -2.27. The molecule has 3 amide bonds. The van der Waals surface area contributed by atoms with Crippen LogP contribution in [-0.4, -0.2) is 64.6 Å². The number of aromatic hydroxyl groups is 1. The van der Waals surface area contributed by atoms with E-state index in [-0.39, 0.29) is 18.1 Å². The van der Waals surface area contributed by atoms with E-state index in [1.165, 1.54) is 19.1 Å². The second-order valence-electron chi connectivity index (χ2n) is 8.76. The summed E-state index contributed by atoms with van der Waals surface area (Å²) in [6.45, 7) is 5.42. The molecular weight excluding hydrogens is 454 g/mol. The number of carboxylic acids is 1. The first-order valence-electron chi connectivity index (χ1n) is 11.9. The quantitative estimate of drug-likeness (QED) is 0.166. The molecule has 1 aromatic rings. The molecule has 0 saturated carbocycles. The topological polar surface area (TPSA) is 197 Å². The van der Waals surface area contributed by atoms with Crippen molar-refractivity contribution in [2.24, 2.45) is 17.4 Å². The minimum absolute atomic E-state index is 0.0572. The van der Waals surface area contributed by atoms with Crippen LogP contribution in [0, 0.1) is 5.92 Å². The molecule has 5 atom stereocenters. The fourth-order valence-electron chi connectivity index (χ4n) is 3.32. The highest BCUT2D eigenvalue weighted by molar-refractivity contribution is 5.94. The van der Waals surface area contributed by atoms with E-state index in [0.29, 0.717) is 31.4 Å². The molecule has 5 unspecified atom stereocenters. The number of hydrogen-bond donors (Lipinski definition) is 7. The van der Waals surface area contributed by atoms with Gasteiger partial charge in [-0.2, -0.15) is 0 Å². The average Bonchev–Trinajstić information content (AvgIpc) is 2.82. The molecule has 196 valence electrons. The van der Waals surface area contributed by atoms with Gasteiger partial charge in [-0.3, -0.25) is 19.2 Å². The first-order chi connectivity index (χ1) is 16.5. The van der Waals surface area contributed by atoms with Crippen LogP contribution in [0.1, 0.15) is 52.0 Å². The molecule has 0 aromatic heterocycles. The second-order valence-corrected chi connectivity index (χ2v) is 8.76. The van der Waals surface area contributed by atoms with E-state index in [4.69, 9.17) is 16.6 Å². The van der Waals surface area contributed by atoms with Gasteiger partial charge >= 0.3 is 5.97 Å². The highest BCUT2D eigenvalue weighted by Gasteiger charge is 2.32. The van der Waals surface area contributed by atoms with E-state index >= 15 is 0 Å². The molecule has 1 rings (SSSR count). The van der Waals surface area contributed by atoms with Gasteiger partial charge in [-0.15, -0.1) is 0 Å². The molecule has 0 aliphatic carbocycles. The Morgan fingerprint density at radius 3 is 2.11 bits per heavy atom. The van der Waals surface area contributed by atoms with Crippen LogP contribution in [0.4, 0.5) is 0 Å². The summed E-state index contributed by atoms with van der Waals surface area (Å²) in [6.07, 6.45) is 2.42. The van der Waals surface area contributed by atoms with Gasteiger partial charge in [0.25, 0.3) is 0 Å². The molecule has 0 heterocycles. The number of phenols is 1. The lowest BCUT2D eigenvalue weighted by Crippen LogP contribution is -2.58. The van der Waals surface area contributed by atoms with E-state index < -0.39 is 47.9 Å². The minimum Gasteiger partial charge on any atom is -0.508 e. The standard InChI is InChI=1S/C24H39N5O6/c1-4-14(2)20(23(33)27-15(3)24(34)35)29-22(32)19(13-16-8-10-17(30)11-9-16)28-21(31)18(26)7-5-6-12-25/h8-11,14-15,18-20,30H,4-7,12-13,25-26H2,1-3H3,(H,27,33)(H,28,31)(H,29,32)(H,34,35). The fourth-order valence-corrected chi connectivity index (χ4v) is 3.32. The van der Waals surface area contributed by atoms with E-state index in [1.807, 2.05) is 6.92 Å². The normalized spacial score (nSPS) is 15.2. The summed E-state index contributed by atoms with van der Waals surface area (Å²) in [4.78, 5) is 49.9. The minimum atomic E-state index is -1.20. The van der Waals surface area contributed by atoms with Crippen molar-refractivity contribution in [3.63, 3.8) is 0 Å². The van der Waals surface area contributed by atoms with Crippen molar-refractivity contribution < 1.29 is 29.4 Å². The number of rotatable bonds is 15. The number of carbonyl (C=O) groups is 4. The summed E-state index contributed by atoms with van der Waals surface area (Å²) in [5, 5.41) is 26.4. The molecule has 0 radical (unpaired) electrons. The van der Waals surface area contributed by atoms with Gasteiger partial charge in [0.1, 0.15) is 23.9 Å². The van der Waals surface area contributed by atoms with Gasteiger partial charge < -0.3 is 37.6 Å². The number of aliphatic carboxylic acids is 1. The molecule has 9 N–H and O–H groups in total. The molecule has 11 heteroatoms. The van der Waals surface area contributed by atoms with Crippen molar-refractivity contribution in [2.75, 3.05) is 6.54 Å². The summed E-state index contributed by atoms with van der Waals surface area (Å²) in [5.74, 6) is -3.19. The molecule has 0 aliphatic heterocycles. The number of carboxylic acid groups (broad SMARTS) is 1. The van der Waals surface area contributed by atoms with Crippen LogP contribution < -0.4 is 27.4 Å². The monoisotopic (exact) mass is 493 g/mol. The summed E-state index contributed by atoms with van der Waals surface area (Å²) < 4.78 is 0. The molecule has 0 fully saturated rings. The summed E-state index contributed by atoms with van der Waals surface area (Å²) in [6, 6.07) is 2.15. The Hall–Kier alpha value is -3.18. The Labute approximate surface area is 206 Å². The highest BCUT2D eigenvalue weighted by Crippen LogP contribution is 2.13. The van der Waals surface area contributed by atoms with Crippen LogP contribution in [0.3, 0.4) is 0 Å². The SMILES string of the molecule is CCC(C)C(NC(=O)C(Cc1ccc(O)cc1)NC(=O)C(N)CCCCN)C(=O)NC(C)C(=O)O. The number of nitrogens with one attached hydrogen (secondary N) is 3. The molecule has 0 aliphatic rings. The van der Waals surface area contributed by atoms with Crippen LogP contribution in [0.5, 0.6) is 5.75 Å². The Morgan fingerprint density at radius 2 is 1.57 bits per heavy atom. The zero-order valence-corrected chi connectivity index (χ0v) is 20.6. The number of nitrogens with two attached hydrogens (primary N) is 2. The molecule has 1 aromatic carbocycles. The fraction of sp³-hybridized carbons (Fsp3) is 0.583. The van der Waals surface area contributed by atoms with E-state index in [1.54, 1.807) is 19.1 Å². The lowest BCUT2D eigenvalue weighted by molar-refractivity contribution is -0.142. The molecule has 35 heavy (non-hydrogen) atoms. The lowest BCUT2D eigenvalue weighted by atomic mass is 9.96. The Bertz CT molecular complexity index is 847. The third kappa shape index (κ3) is 10.3. The van der Waals surface area contributed by atoms with Crippen molar-refractivity contribution in [3.05, 3.63) is 29.8 Å². The molecule has 0 spiro atoms. The van der Waals surface area contributed by atoms with Gasteiger partial charge in [0, 0.05) is 6.42 Å². The van der Waals surface area contributed by atoms with Crippen molar-refractivity contribution in [1.29, 1.82) is 0 Å². The Kier molecular flexibility index (Phi) is 12.7. The zero-order chi connectivity index (χ0) is 26.5. The third-order valence-corrected chi connectivity index (χ3v) is 5.84. The van der Waals surface area contributed by atoms with E-state index in [0.717, 1.165) is 6.42 Å². The smallest absolute Gasteiger partial charge is 0.325 e. The second kappa shape index (κ2) is 14.9. The van der Waals surface area contributed by atoms with Crippen molar-refractivity contribution in [2.45, 2.75) is 77.0 Å². The van der Waals surface area contributed by atoms with Crippen molar-refractivity contribution in [1.82, 2.24) is 16.0 Å². The number of phenolic OH excluding ortho intramolecular Hbond substituents is 1. The molecule has 11 nitrogen and oxygen atoms in total. The predicted molar refractivity (Wildman–Crippen MR) is 131 cm³/mol. The summed E-state index contributed by atoms with van der Waals surface area (Å²) in [5.41, 5.74) is 12.1. The number of carbonyl (C=O) groups excluding carboxylic acids is 3.